The predicted molar refractivity (Wildman–Crippen MR) is 46.8 cm³/mol. The zero-order valence-corrected chi connectivity index (χ0v) is 8.49. The molecule has 0 N–H and O–H groups in total. The molecule has 1 aromatic carbocycles. The summed E-state index contributed by atoms with van der Waals surface area (Å²) in [5, 5.41) is 0. The highest BCUT2D eigenvalue weighted by molar-refractivity contribution is 9.13. The van der Waals surface area contributed by atoms with Gasteiger partial charge in [0, 0.05) is 14.5 Å². The Morgan fingerprint density at radius 3 is 2.18 bits per heavy atom. The molecule has 0 bridgehead atoms. The summed E-state index contributed by atoms with van der Waals surface area (Å²) in [5.41, 5.74) is 0.0278. The summed E-state index contributed by atoms with van der Waals surface area (Å²) in [5.74, 6) is 0. The van der Waals surface area contributed by atoms with Gasteiger partial charge in [0.05, 0.1) is 0 Å². The molecule has 0 aliphatic heterocycles. The highest BCUT2D eigenvalue weighted by atomic mass is 79.9. The minimum atomic E-state index is -2.40. The van der Waals surface area contributed by atoms with E-state index >= 15 is 0 Å². The van der Waals surface area contributed by atoms with Gasteiger partial charge in [-0.05, 0) is 44.0 Å². The lowest BCUT2D eigenvalue weighted by atomic mass is 10.2. The van der Waals surface area contributed by atoms with Crippen molar-refractivity contribution in [2.45, 2.75) is 6.43 Å². The SMILES string of the molecule is FC(F)c1ccc(Br)c(Br)c1. The van der Waals surface area contributed by atoms with Crippen molar-refractivity contribution in [2.75, 3.05) is 0 Å². The zero-order valence-electron chi connectivity index (χ0n) is 5.32. The fourth-order valence-corrected chi connectivity index (χ4v) is 1.29. The Bertz CT molecular complexity index is 261. The lowest BCUT2D eigenvalue weighted by molar-refractivity contribution is 0.151. The first-order valence-electron chi connectivity index (χ1n) is 2.84. The van der Waals surface area contributed by atoms with Crippen LogP contribution in [0.4, 0.5) is 8.78 Å². The maximum absolute atomic E-state index is 12.0. The third-order valence-electron chi connectivity index (χ3n) is 1.20. The van der Waals surface area contributed by atoms with Gasteiger partial charge < -0.3 is 0 Å². The molecule has 0 atom stereocenters. The van der Waals surface area contributed by atoms with Crippen LogP contribution in [0.15, 0.2) is 27.1 Å². The van der Waals surface area contributed by atoms with Crippen LogP contribution in [0.3, 0.4) is 0 Å². The van der Waals surface area contributed by atoms with Crippen molar-refractivity contribution in [1.82, 2.24) is 0 Å². The average molecular weight is 286 g/mol. The minimum Gasteiger partial charge on any atom is -0.205 e. The molecule has 0 nitrogen and oxygen atoms in total. The zero-order chi connectivity index (χ0) is 8.43. The van der Waals surface area contributed by atoms with Crippen molar-refractivity contribution >= 4 is 31.9 Å². The first-order chi connectivity index (χ1) is 5.11. The summed E-state index contributed by atoms with van der Waals surface area (Å²) < 4.78 is 25.5. The van der Waals surface area contributed by atoms with Crippen molar-refractivity contribution in [1.29, 1.82) is 0 Å². The van der Waals surface area contributed by atoms with Crippen molar-refractivity contribution in [3.8, 4) is 0 Å². The van der Waals surface area contributed by atoms with Gasteiger partial charge in [0.15, 0.2) is 0 Å². The highest BCUT2D eigenvalue weighted by Gasteiger charge is 2.07. The Hall–Kier alpha value is 0.0400. The number of halogens is 4. The van der Waals surface area contributed by atoms with Gasteiger partial charge in [0.25, 0.3) is 6.43 Å². The molecule has 0 aromatic heterocycles. The Morgan fingerprint density at radius 2 is 1.73 bits per heavy atom. The van der Waals surface area contributed by atoms with Crippen LogP contribution in [0, 0.1) is 0 Å². The molecule has 0 saturated carbocycles. The van der Waals surface area contributed by atoms with E-state index in [2.05, 4.69) is 31.9 Å². The third kappa shape index (κ3) is 2.24. The molecule has 0 aliphatic carbocycles. The van der Waals surface area contributed by atoms with Crippen LogP contribution in [0.1, 0.15) is 12.0 Å². The molecule has 0 unspecified atom stereocenters. The smallest absolute Gasteiger partial charge is 0.205 e. The number of hydrogen-bond acceptors (Lipinski definition) is 0. The van der Waals surface area contributed by atoms with Crippen LogP contribution < -0.4 is 0 Å². The van der Waals surface area contributed by atoms with Crippen molar-refractivity contribution in [3.05, 3.63) is 32.7 Å². The Kier molecular flexibility index (Phi) is 3.01. The molecule has 0 spiro atoms. The molecule has 1 rings (SSSR count). The molecule has 0 aliphatic rings. The number of benzene rings is 1. The van der Waals surface area contributed by atoms with Gasteiger partial charge in [-0.25, -0.2) is 8.78 Å². The monoisotopic (exact) mass is 284 g/mol. The Morgan fingerprint density at radius 1 is 1.09 bits per heavy atom. The van der Waals surface area contributed by atoms with E-state index in [0.717, 1.165) is 4.47 Å². The predicted octanol–water partition coefficient (Wildman–Crippen LogP) is 4.15. The maximum Gasteiger partial charge on any atom is 0.263 e. The maximum atomic E-state index is 12.0. The molecule has 0 radical (unpaired) electrons. The Labute approximate surface area is 79.9 Å². The van der Waals surface area contributed by atoms with Gasteiger partial charge in [-0.1, -0.05) is 6.07 Å². The van der Waals surface area contributed by atoms with E-state index in [0.29, 0.717) is 4.47 Å². The van der Waals surface area contributed by atoms with Gasteiger partial charge in [-0.2, -0.15) is 0 Å². The van der Waals surface area contributed by atoms with E-state index in [-0.39, 0.29) is 5.56 Å². The van der Waals surface area contributed by atoms with Crippen molar-refractivity contribution in [3.63, 3.8) is 0 Å². The number of hydrogen-bond donors (Lipinski definition) is 0. The van der Waals surface area contributed by atoms with Gasteiger partial charge in [0.1, 0.15) is 0 Å². The topological polar surface area (TPSA) is 0 Å². The second kappa shape index (κ2) is 3.63. The summed E-state index contributed by atoms with van der Waals surface area (Å²) in [4.78, 5) is 0. The van der Waals surface area contributed by atoms with Crippen LogP contribution in [-0.4, -0.2) is 0 Å². The molecule has 0 amide bonds. The standard InChI is InChI=1S/C7H4Br2F2/c8-5-2-1-4(7(10)11)3-6(5)9/h1-3,7H. The highest BCUT2D eigenvalue weighted by Crippen LogP contribution is 2.28. The summed E-state index contributed by atoms with van der Waals surface area (Å²) in [6, 6.07) is 4.37. The summed E-state index contributed by atoms with van der Waals surface area (Å²) in [7, 11) is 0. The fraction of sp³-hybridized carbons (Fsp3) is 0.143. The Balaban J connectivity index is 3.05. The molecule has 0 saturated heterocycles. The van der Waals surface area contributed by atoms with Crippen molar-refractivity contribution < 1.29 is 8.78 Å². The largest absolute Gasteiger partial charge is 0.263 e. The quantitative estimate of drug-likeness (QED) is 0.727. The first kappa shape index (κ1) is 9.13. The van der Waals surface area contributed by atoms with E-state index in [1.54, 1.807) is 6.07 Å². The fourth-order valence-electron chi connectivity index (χ4n) is 0.648. The molecule has 0 fully saturated rings. The summed E-state index contributed by atoms with van der Waals surface area (Å²) in [6.45, 7) is 0. The normalized spacial score (nSPS) is 10.6. The summed E-state index contributed by atoms with van der Waals surface area (Å²) >= 11 is 6.32. The van der Waals surface area contributed by atoms with E-state index in [1.165, 1.54) is 12.1 Å². The van der Waals surface area contributed by atoms with E-state index in [9.17, 15) is 8.78 Å². The van der Waals surface area contributed by atoms with E-state index in [4.69, 9.17) is 0 Å². The van der Waals surface area contributed by atoms with E-state index in [1.807, 2.05) is 0 Å². The second-order valence-electron chi connectivity index (χ2n) is 1.97. The molecule has 11 heavy (non-hydrogen) atoms. The molecular weight excluding hydrogens is 282 g/mol. The summed E-state index contributed by atoms with van der Waals surface area (Å²) in [6.07, 6.45) is -2.40. The van der Waals surface area contributed by atoms with Crippen LogP contribution in [-0.2, 0) is 0 Å². The molecule has 0 heterocycles. The lowest BCUT2D eigenvalue weighted by Crippen LogP contribution is -1.83. The van der Waals surface area contributed by atoms with Gasteiger partial charge in [0.2, 0.25) is 0 Å². The third-order valence-corrected chi connectivity index (χ3v) is 3.08. The van der Waals surface area contributed by atoms with Gasteiger partial charge >= 0.3 is 0 Å². The van der Waals surface area contributed by atoms with Crippen LogP contribution in [0.25, 0.3) is 0 Å². The van der Waals surface area contributed by atoms with Crippen LogP contribution >= 0.6 is 31.9 Å². The van der Waals surface area contributed by atoms with E-state index < -0.39 is 6.43 Å². The minimum absolute atomic E-state index is 0.0278. The van der Waals surface area contributed by atoms with Crippen LogP contribution in [0.5, 0.6) is 0 Å². The number of alkyl halides is 2. The van der Waals surface area contributed by atoms with Crippen molar-refractivity contribution in [2.24, 2.45) is 0 Å². The van der Waals surface area contributed by atoms with Gasteiger partial charge in [-0.15, -0.1) is 0 Å². The average Bonchev–Trinajstić information content (AvgIpc) is 1.94. The van der Waals surface area contributed by atoms with Crippen LogP contribution in [0.2, 0.25) is 0 Å². The first-order valence-corrected chi connectivity index (χ1v) is 4.43. The lowest BCUT2D eigenvalue weighted by Gasteiger charge is -2.00. The van der Waals surface area contributed by atoms with Gasteiger partial charge in [-0.3, -0.25) is 0 Å². The molecular formula is C7H4Br2F2. The number of rotatable bonds is 1. The molecule has 4 heteroatoms. The molecule has 1 aromatic rings. The molecule has 60 valence electrons. The second-order valence-corrected chi connectivity index (χ2v) is 3.68.